The minimum Gasteiger partial charge on any atom is -0.383 e. The van der Waals surface area contributed by atoms with Crippen molar-refractivity contribution < 1.29 is 9.59 Å². The molecule has 1 atom stereocenters. The van der Waals surface area contributed by atoms with Crippen LogP contribution in [-0.4, -0.2) is 39.7 Å². The lowest BCUT2D eigenvalue weighted by Crippen LogP contribution is -2.44. The van der Waals surface area contributed by atoms with Crippen LogP contribution in [-0.2, 0) is 16.1 Å². The van der Waals surface area contributed by atoms with Gasteiger partial charge in [-0.05, 0) is 24.5 Å². The number of hydrogen-bond donors (Lipinski definition) is 3. The van der Waals surface area contributed by atoms with Gasteiger partial charge in [0.05, 0.1) is 5.69 Å². The second-order valence-electron chi connectivity index (χ2n) is 8.66. The maximum absolute atomic E-state index is 13.6. The molecule has 11 heteroatoms. The number of benzene rings is 1. The molecule has 2 amide bonds. The largest absolute Gasteiger partial charge is 0.383 e. The number of aromatic nitrogens is 2. The molecule has 0 saturated carbocycles. The molecule has 0 radical (unpaired) electrons. The van der Waals surface area contributed by atoms with Gasteiger partial charge in [0.15, 0.2) is 5.69 Å². The number of amides is 2. The van der Waals surface area contributed by atoms with E-state index < -0.39 is 29.1 Å². The van der Waals surface area contributed by atoms with Crippen molar-refractivity contribution in [3.8, 4) is 0 Å². The Hall–Kier alpha value is -3.89. The summed E-state index contributed by atoms with van der Waals surface area (Å²) in [5.74, 6) is -1.20. The van der Waals surface area contributed by atoms with Gasteiger partial charge in [-0.3, -0.25) is 33.8 Å². The fraction of sp³-hybridized carbons (Fsp3) is 0.435. The number of H-pyrrole nitrogens is 1. The number of hydrazone groups is 1. The summed E-state index contributed by atoms with van der Waals surface area (Å²) in [5.41, 5.74) is 11.0. The molecule has 34 heavy (non-hydrogen) atoms. The molecule has 1 unspecified atom stereocenters. The lowest BCUT2D eigenvalue weighted by atomic mass is 10.1. The molecule has 3 rings (SSSR count). The molecule has 1 aromatic heterocycles. The molecule has 1 aliphatic rings. The van der Waals surface area contributed by atoms with Crippen LogP contribution >= 0.6 is 0 Å². The Bertz CT molecular complexity index is 1200. The lowest BCUT2D eigenvalue weighted by Gasteiger charge is -2.24. The van der Waals surface area contributed by atoms with Gasteiger partial charge >= 0.3 is 5.69 Å². The van der Waals surface area contributed by atoms with E-state index in [0.717, 1.165) is 6.42 Å². The molecular weight excluding hydrogens is 438 g/mol. The summed E-state index contributed by atoms with van der Waals surface area (Å²) >= 11 is 0. The molecule has 1 aromatic carbocycles. The average molecular weight is 470 g/mol. The van der Waals surface area contributed by atoms with Gasteiger partial charge in [0.1, 0.15) is 17.6 Å². The van der Waals surface area contributed by atoms with Crippen molar-refractivity contribution in [2.45, 2.75) is 52.6 Å². The van der Waals surface area contributed by atoms with E-state index >= 15 is 0 Å². The van der Waals surface area contributed by atoms with Crippen LogP contribution in [0.3, 0.4) is 0 Å². The first kappa shape index (κ1) is 24.7. The summed E-state index contributed by atoms with van der Waals surface area (Å²) in [5, 5.41) is 5.82. The van der Waals surface area contributed by atoms with Gasteiger partial charge < -0.3 is 11.5 Å². The van der Waals surface area contributed by atoms with Crippen molar-refractivity contribution in [2.24, 2.45) is 16.8 Å². The zero-order valence-electron chi connectivity index (χ0n) is 19.7. The van der Waals surface area contributed by atoms with E-state index in [4.69, 9.17) is 11.5 Å². The number of nitrogens with one attached hydrogen (secondary N) is 1. The Kier molecular flexibility index (Phi) is 7.54. The molecule has 5 N–H and O–H groups in total. The maximum atomic E-state index is 13.6. The van der Waals surface area contributed by atoms with Crippen LogP contribution in [0.25, 0.3) is 0 Å². The lowest BCUT2D eigenvalue weighted by molar-refractivity contribution is -0.119. The number of primary amides is 1. The molecule has 0 spiro atoms. The highest BCUT2D eigenvalue weighted by Gasteiger charge is 2.37. The molecule has 182 valence electrons. The normalized spacial score (nSPS) is 15.5. The highest BCUT2D eigenvalue weighted by atomic mass is 16.2. The number of hydrogen-bond acceptors (Lipinski definition) is 7. The van der Waals surface area contributed by atoms with E-state index in [1.165, 1.54) is 14.5 Å². The summed E-state index contributed by atoms with van der Waals surface area (Å²) < 4.78 is 1.26. The molecule has 2 heterocycles. The number of anilines is 3. The minimum absolute atomic E-state index is 0.0187. The third-order valence-electron chi connectivity index (χ3n) is 5.52. The second kappa shape index (κ2) is 10.4. The zero-order chi connectivity index (χ0) is 25.0. The number of para-hydroxylation sites is 1. The van der Waals surface area contributed by atoms with Crippen LogP contribution < -0.4 is 32.6 Å². The van der Waals surface area contributed by atoms with Crippen molar-refractivity contribution in [3.05, 3.63) is 51.2 Å². The smallest absolute Gasteiger partial charge is 0.330 e. The monoisotopic (exact) mass is 469 g/mol. The third-order valence-corrected chi connectivity index (χ3v) is 5.52. The first-order valence-corrected chi connectivity index (χ1v) is 11.3. The summed E-state index contributed by atoms with van der Waals surface area (Å²) in [6.07, 6.45) is 1.32. The summed E-state index contributed by atoms with van der Waals surface area (Å²) in [6.45, 7) is 6.23. The van der Waals surface area contributed by atoms with Gasteiger partial charge in [-0.1, -0.05) is 45.4 Å². The number of nitrogens with two attached hydrogens (primary N) is 2. The fourth-order valence-electron chi connectivity index (χ4n) is 3.85. The Balaban J connectivity index is 2.07. The Morgan fingerprint density at radius 3 is 2.50 bits per heavy atom. The van der Waals surface area contributed by atoms with Crippen molar-refractivity contribution >= 4 is 34.7 Å². The van der Waals surface area contributed by atoms with Crippen molar-refractivity contribution in [1.29, 1.82) is 0 Å². The van der Waals surface area contributed by atoms with Gasteiger partial charge in [0.25, 0.3) is 11.5 Å². The maximum Gasteiger partial charge on any atom is 0.330 e. The molecule has 1 aliphatic heterocycles. The molecule has 11 nitrogen and oxygen atoms in total. The molecule has 2 aromatic rings. The summed E-state index contributed by atoms with van der Waals surface area (Å²) in [7, 11) is 0. The van der Waals surface area contributed by atoms with E-state index in [1.807, 2.05) is 26.8 Å². The number of carbonyl (C=O) groups is 2. The Labute approximate surface area is 197 Å². The Morgan fingerprint density at radius 2 is 1.91 bits per heavy atom. The number of aromatic amines is 1. The topological polar surface area (TPSA) is 160 Å². The summed E-state index contributed by atoms with van der Waals surface area (Å²) in [4.78, 5) is 54.5. The quantitative estimate of drug-likeness (QED) is 0.497. The van der Waals surface area contributed by atoms with E-state index in [1.54, 1.807) is 24.3 Å². The van der Waals surface area contributed by atoms with Gasteiger partial charge in [0, 0.05) is 19.5 Å². The number of nitrogen functional groups attached to an aromatic ring is 1. The van der Waals surface area contributed by atoms with Crippen LogP contribution in [0.1, 0.15) is 40.0 Å². The molecular formula is C23H31N7O4. The predicted molar refractivity (Wildman–Crippen MR) is 132 cm³/mol. The van der Waals surface area contributed by atoms with Crippen LogP contribution in [0, 0.1) is 5.92 Å². The van der Waals surface area contributed by atoms with E-state index in [2.05, 4.69) is 10.1 Å². The molecule has 0 bridgehead atoms. The van der Waals surface area contributed by atoms with E-state index in [-0.39, 0.29) is 42.6 Å². The van der Waals surface area contributed by atoms with Gasteiger partial charge in [-0.15, -0.1) is 0 Å². The predicted octanol–water partition coefficient (Wildman–Crippen LogP) is 1.03. The Morgan fingerprint density at radius 1 is 1.24 bits per heavy atom. The van der Waals surface area contributed by atoms with E-state index in [0.29, 0.717) is 12.1 Å². The third kappa shape index (κ3) is 5.03. The molecule has 0 saturated heterocycles. The summed E-state index contributed by atoms with van der Waals surface area (Å²) in [6, 6.07) is 8.06. The number of nitrogens with zero attached hydrogens (tertiary/aromatic N) is 4. The van der Waals surface area contributed by atoms with Crippen molar-refractivity contribution in [2.75, 3.05) is 22.2 Å². The standard InChI is InChI=1S/C23H31N7O4/c1-4-5-11-28(18-19(24)29(13-14(2)3)23(34)26-21(18)32)22(33)16-12-17(20(25)31)30(27-16)15-9-7-6-8-10-15/h6-10,14,17H,4-5,11-13,24H2,1-3H3,(H2,25,31)(H,26,32,34). The zero-order valence-corrected chi connectivity index (χ0v) is 19.7. The van der Waals surface area contributed by atoms with Crippen LogP contribution in [0.2, 0.25) is 0 Å². The van der Waals surface area contributed by atoms with Crippen LogP contribution in [0.15, 0.2) is 45.0 Å². The SMILES string of the molecule is CCCCN(C(=O)C1=NN(c2ccccc2)C(C(N)=O)C1)c1c(N)n(CC(C)C)c(=O)[nH]c1=O. The van der Waals surface area contributed by atoms with Crippen molar-refractivity contribution in [3.63, 3.8) is 0 Å². The average Bonchev–Trinajstić information content (AvgIpc) is 3.25. The number of carbonyl (C=O) groups excluding carboxylic acids is 2. The highest BCUT2D eigenvalue weighted by Crippen LogP contribution is 2.26. The number of unbranched alkanes of at least 4 members (excludes halogenated alkanes) is 1. The van der Waals surface area contributed by atoms with Crippen LogP contribution in [0.5, 0.6) is 0 Å². The highest BCUT2D eigenvalue weighted by molar-refractivity contribution is 6.45. The number of rotatable bonds is 9. The molecule has 0 aliphatic carbocycles. The minimum atomic E-state index is -0.847. The molecule has 0 fully saturated rings. The first-order valence-electron chi connectivity index (χ1n) is 11.3. The van der Waals surface area contributed by atoms with E-state index in [9.17, 15) is 19.2 Å². The van der Waals surface area contributed by atoms with Crippen LogP contribution in [0.4, 0.5) is 17.2 Å². The second-order valence-corrected chi connectivity index (χ2v) is 8.66. The first-order chi connectivity index (χ1) is 16.1. The van der Waals surface area contributed by atoms with Gasteiger partial charge in [-0.2, -0.15) is 5.10 Å². The fourth-order valence-corrected chi connectivity index (χ4v) is 3.85. The van der Waals surface area contributed by atoms with Gasteiger partial charge in [0.2, 0.25) is 5.91 Å². The van der Waals surface area contributed by atoms with Crippen molar-refractivity contribution in [1.82, 2.24) is 9.55 Å². The van der Waals surface area contributed by atoms with Gasteiger partial charge in [-0.25, -0.2) is 4.79 Å².